The number of imidazole rings is 1. The zero-order chi connectivity index (χ0) is 22.8. The summed E-state index contributed by atoms with van der Waals surface area (Å²) in [7, 11) is 0. The maximum Gasteiger partial charge on any atom is 0.237 e. The molecule has 0 spiro atoms. The molecule has 170 valence electrons. The summed E-state index contributed by atoms with van der Waals surface area (Å²) in [5.74, 6) is 0.0480. The van der Waals surface area contributed by atoms with Crippen molar-refractivity contribution in [3.8, 4) is 10.6 Å². The van der Waals surface area contributed by atoms with Crippen molar-refractivity contribution in [2.45, 2.75) is 25.1 Å². The number of hydrogen-bond donors (Lipinski definition) is 4. The Morgan fingerprint density at radius 3 is 3.03 bits per heavy atom. The summed E-state index contributed by atoms with van der Waals surface area (Å²) in [6, 6.07) is 4.40. The van der Waals surface area contributed by atoms with Gasteiger partial charge in [0.15, 0.2) is 5.13 Å². The van der Waals surface area contributed by atoms with Gasteiger partial charge in [0.2, 0.25) is 5.91 Å². The molecule has 1 aliphatic rings. The number of carbonyl (C=O) groups is 1. The van der Waals surface area contributed by atoms with Crippen LogP contribution in [0.25, 0.3) is 21.6 Å². The van der Waals surface area contributed by atoms with E-state index >= 15 is 0 Å². The number of nitrogens with zero attached hydrogens (tertiary/aromatic N) is 5. The van der Waals surface area contributed by atoms with E-state index in [0.717, 1.165) is 11.0 Å². The Labute approximate surface area is 191 Å². The second-order valence-corrected chi connectivity index (χ2v) is 8.66. The van der Waals surface area contributed by atoms with Crippen molar-refractivity contribution in [1.29, 1.82) is 0 Å². The fourth-order valence-electron chi connectivity index (χ4n) is 3.67. The number of carbonyl (C=O) groups excluding carboxylic acids is 1. The maximum absolute atomic E-state index is 14.0. The van der Waals surface area contributed by atoms with E-state index < -0.39 is 11.9 Å². The van der Waals surface area contributed by atoms with E-state index in [-0.39, 0.29) is 17.6 Å². The number of nitrogens with one attached hydrogen (secondary N) is 3. The number of aliphatic hydroxyl groups excluding tert-OH is 1. The van der Waals surface area contributed by atoms with E-state index in [4.69, 9.17) is 0 Å². The SMILES string of the molecule is O=C(NCCn1cnc2cnc(Nc3ncc(-c4ncccc4F)s3)cc21)C1CC(O)CN1. The topological polar surface area (TPSA) is 130 Å². The molecule has 4 aromatic heterocycles. The van der Waals surface area contributed by atoms with Crippen LogP contribution < -0.4 is 16.0 Å². The van der Waals surface area contributed by atoms with Crippen LogP contribution in [0.15, 0.2) is 43.1 Å². The summed E-state index contributed by atoms with van der Waals surface area (Å²) in [5, 5.41) is 19.1. The molecule has 0 aliphatic carbocycles. The van der Waals surface area contributed by atoms with Crippen LogP contribution in [0.2, 0.25) is 0 Å². The van der Waals surface area contributed by atoms with Gasteiger partial charge in [-0.05, 0) is 18.6 Å². The lowest BCUT2D eigenvalue weighted by molar-refractivity contribution is -0.122. The van der Waals surface area contributed by atoms with Crippen molar-refractivity contribution in [3.05, 3.63) is 48.9 Å². The minimum absolute atomic E-state index is 0.121. The highest BCUT2D eigenvalue weighted by molar-refractivity contribution is 7.18. The Morgan fingerprint density at radius 1 is 1.30 bits per heavy atom. The van der Waals surface area contributed by atoms with Gasteiger partial charge in [-0.25, -0.2) is 19.3 Å². The van der Waals surface area contributed by atoms with Crippen LogP contribution >= 0.6 is 11.3 Å². The van der Waals surface area contributed by atoms with Crippen LogP contribution in [0.4, 0.5) is 15.3 Å². The molecule has 1 fully saturated rings. The van der Waals surface area contributed by atoms with E-state index in [0.29, 0.717) is 41.9 Å². The summed E-state index contributed by atoms with van der Waals surface area (Å²) in [6.45, 7) is 1.39. The second-order valence-electron chi connectivity index (χ2n) is 7.63. The third-order valence-corrected chi connectivity index (χ3v) is 6.24. The zero-order valence-corrected chi connectivity index (χ0v) is 18.2. The Kier molecular flexibility index (Phi) is 5.94. The number of β-amino-alcohol motifs (C(OH)–C–C–N with tert-alkyl or cyclic N) is 1. The van der Waals surface area contributed by atoms with Gasteiger partial charge >= 0.3 is 0 Å². The first-order chi connectivity index (χ1) is 16.1. The summed E-state index contributed by atoms with van der Waals surface area (Å²) < 4.78 is 15.9. The number of halogens is 1. The first kappa shape index (κ1) is 21.4. The molecule has 1 saturated heterocycles. The molecule has 5 heterocycles. The summed E-state index contributed by atoms with van der Waals surface area (Å²) >= 11 is 1.28. The van der Waals surface area contributed by atoms with Crippen LogP contribution in [-0.2, 0) is 11.3 Å². The highest BCUT2D eigenvalue weighted by Crippen LogP contribution is 2.30. The van der Waals surface area contributed by atoms with E-state index in [1.54, 1.807) is 24.8 Å². The van der Waals surface area contributed by atoms with Gasteiger partial charge in [-0.2, -0.15) is 0 Å². The van der Waals surface area contributed by atoms with Crippen molar-refractivity contribution in [3.63, 3.8) is 0 Å². The van der Waals surface area contributed by atoms with Crippen LogP contribution in [0, 0.1) is 5.82 Å². The average Bonchev–Trinajstić information content (AvgIpc) is 3.55. The molecule has 0 saturated carbocycles. The molecule has 33 heavy (non-hydrogen) atoms. The average molecular weight is 469 g/mol. The molecule has 0 aromatic carbocycles. The molecule has 1 amide bonds. The number of fused-ring (bicyclic) bond motifs is 1. The molecule has 4 aromatic rings. The molecular weight excluding hydrogens is 447 g/mol. The van der Waals surface area contributed by atoms with Gasteiger partial charge in [0, 0.05) is 38.1 Å². The van der Waals surface area contributed by atoms with Gasteiger partial charge in [0.05, 0.1) is 35.1 Å². The molecule has 0 radical (unpaired) electrons. The lowest BCUT2D eigenvalue weighted by Gasteiger charge is -2.11. The van der Waals surface area contributed by atoms with E-state index in [2.05, 4.69) is 35.9 Å². The molecule has 12 heteroatoms. The second kappa shape index (κ2) is 9.17. The Bertz CT molecular complexity index is 1290. The fraction of sp³-hybridized carbons (Fsp3) is 0.286. The first-order valence-corrected chi connectivity index (χ1v) is 11.2. The van der Waals surface area contributed by atoms with Gasteiger partial charge in [0.1, 0.15) is 22.8 Å². The highest BCUT2D eigenvalue weighted by Gasteiger charge is 2.27. The lowest BCUT2D eigenvalue weighted by atomic mass is 10.2. The predicted octanol–water partition coefficient (Wildman–Crippen LogP) is 1.67. The number of aromatic nitrogens is 5. The number of anilines is 2. The minimum Gasteiger partial charge on any atom is -0.392 e. The summed E-state index contributed by atoms with van der Waals surface area (Å²) in [5.41, 5.74) is 1.83. The first-order valence-electron chi connectivity index (χ1n) is 10.4. The standard InChI is InChI=1S/C21H21FN8O2S/c22-13-2-1-3-23-19(13)17-10-27-21(33-17)29-18-7-16-15(9-26-18)28-11-30(16)5-4-24-20(32)14-6-12(31)8-25-14/h1-3,7,9-12,14,25,31H,4-6,8H2,(H,24,32)(H,26,27,29). The maximum atomic E-state index is 14.0. The smallest absolute Gasteiger partial charge is 0.237 e. The quantitative estimate of drug-likeness (QED) is 0.322. The molecule has 4 N–H and O–H groups in total. The largest absolute Gasteiger partial charge is 0.392 e. The zero-order valence-electron chi connectivity index (χ0n) is 17.4. The van der Waals surface area contributed by atoms with Gasteiger partial charge in [-0.1, -0.05) is 11.3 Å². The third kappa shape index (κ3) is 4.67. The number of aliphatic hydroxyl groups is 1. The van der Waals surface area contributed by atoms with Crippen LogP contribution in [0.5, 0.6) is 0 Å². The molecule has 10 nitrogen and oxygen atoms in total. The monoisotopic (exact) mass is 468 g/mol. The van der Waals surface area contributed by atoms with E-state index in [1.807, 2.05) is 10.6 Å². The van der Waals surface area contributed by atoms with Crippen molar-refractivity contribution in [2.75, 3.05) is 18.4 Å². The van der Waals surface area contributed by atoms with Crippen LogP contribution in [0.1, 0.15) is 6.42 Å². The normalized spacial score (nSPS) is 18.0. The molecule has 1 aliphatic heterocycles. The summed E-state index contributed by atoms with van der Waals surface area (Å²) in [6.07, 6.45) is 6.41. The van der Waals surface area contributed by atoms with Crippen molar-refractivity contribution < 1.29 is 14.3 Å². The Morgan fingerprint density at radius 2 is 2.21 bits per heavy atom. The highest BCUT2D eigenvalue weighted by atomic mass is 32.1. The van der Waals surface area contributed by atoms with Gasteiger partial charge < -0.3 is 25.6 Å². The van der Waals surface area contributed by atoms with Crippen molar-refractivity contribution in [1.82, 2.24) is 35.1 Å². The molecule has 2 atom stereocenters. The van der Waals surface area contributed by atoms with E-state index in [1.165, 1.54) is 23.6 Å². The van der Waals surface area contributed by atoms with Crippen molar-refractivity contribution in [2.24, 2.45) is 0 Å². The van der Waals surface area contributed by atoms with Gasteiger partial charge in [0.25, 0.3) is 0 Å². The van der Waals surface area contributed by atoms with Gasteiger partial charge in [-0.15, -0.1) is 0 Å². The van der Waals surface area contributed by atoms with Crippen LogP contribution in [0.3, 0.4) is 0 Å². The van der Waals surface area contributed by atoms with Crippen LogP contribution in [-0.4, -0.2) is 60.8 Å². The fourth-order valence-corrected chi connectivity index (χ4v) is 4.49. The lowest BCUT2D eigenvalue weighted by Crippen LogP contribution is -2.41. The number of pyridine rings is 2. The number of rotatable bonds is 7. The predicted molar refractivity (Wildman–Crippen MR) is 122 cm³/mol. The molecular formula is C21H21FN8O2S. The Balaban J connectivity index is 1.25. The van der Waals surface area contributed by atoms with Gasteiger partial charge in [-0.3, -0.25) is 9.78 Å². The van der Waals surface area contributed by atoms with Crippen molar-refractivity contribution >= 4 is 39.2 Å². The number of amides is 1. The molecule has 0 bridgehead atoms. The Hall–Kier alpha value is -3.48. The summed E-state index contributed by atoms with van der Waals surface area (Å²) in [4.78, 5) is 29.9. The minimum atomic E-state index is -0.478. The van der Waals surface area contributed by atoms with E-state index in [9.17, 15) is 14.3 Å². The number of hydrogen-bond acceptors (Lipinski definition) is 9. The number of thiazole rings is 1. The molecule has 2 unspecified atom stereocenters. The third-order valence-electron chi connectivity index (χ3n) is 5.32. The molecule has 5 rings (SSSR count).